The van der Waals surface area contributed by atoms with E-state index in [1.54, 1.807) is 0 Å². The minimum Gasteiger partial charge on any atom is -0.309 e. The number of hydrogen-bond donors (Lipinski definition) is 2. The van der Waals surface area contributed by atoms with Gasteiger partial charge in [0.2, 0.25) is 0 Å². The SMILES string of the molecule is CC1(C)c2c(c3ccccc3c3ccccc23)-c2ccc3c4ccccc4n(-c4ccc(-c5cccc(/C(=C/Cc6ccccc6)c6ccccc6)c5)cc4)c3c21.NN. The maximum absolute atomic E-state index is 4.00. The first kappa shape index (κ1) is 36.3. The lowest BCUT2D eigenvalue weighted by Gasteiger charge is -2.25. The second kappa shape index (κ2) is 14.7. The normalized spacial score (nSPS) is 13.1. The summed E-state index contributed by atoms with van der Waals surface area (Å²) in [6.07, 6.45) is 3.25. The molecule has 10 aromatic rings. The number of fused-ring (bicyclic) bond motifs is 12. The number of rotatable bonds is 6. The van der Waals surface area contributed by atoms with Crippen molar-refractivity contribution in [2.75, 3.05) is 0 Å². The van der Waals surface area contributed by atoms with Crippen molar-refractivity contribution in [2.45, 2.75) is 25.7 Å². The monoisotopic (exact) mass is 759 g/mol. The highest BCUT2D eigenvalue weighted by Gasteiger charge is 2.41. The van der Waals surface area contributed by atoms with Crippen LogP contribution in [0.25, 0.3) is 76.9 Å². The summed E-state index contributed by atoms with van der Waals surface area (Å²) in [6, 6.07) is 71.4. The van der Waals surface area contributed by atoms with E-state index in [-0.39, 0.29) is 5.41 Å². The average molecular weight is 760 g/mol. The molecule has 59 heavy (non-hydrogen) atoms. The van der Waals surface area contributed by atoms with Gasteiger partial charge in [0.1, 0.15) is 0 Å². The first-order valence-corrected chi connectivity index (χ1v) is 20.4. The maximum atomic E-state index is 4.00. The first-order valence-electron chi connectivity index (χ1n) is 20.4. The molecule has 0 unspecified atom stereocenters. The molecular formula is C56H45N3. The average Bonchev–Trinajstić information content (AvgIpc) is 3.76. The van der Waals surface area contributed by atoms with Crippen molar-refractivity contribution in [3.05, 3.63) is 228 Å². The molecule has 0 amide bonds. The summed E-state index contributed by atoms with van der Waals surface area (Å²) < 4.78 is 2.53. The van der Waals surface area contributed by atoms with Crippen LogP contribution < -0.4 is 11.7 Å². The third-order valence-corrected chi connectivity index (χ3v) is 12.4. The van der Waals surface area contributed by atoms with Crippen molar-refractivity contribution in [1.29, 1.82) is 0 Å². The van der Waals surface area contributed by atoms with Gasteiger partial charge in [-0.2, -0.15) is 0 Å². The summed E-state index contributed by atoms with van der Waals surface area (Å²) in [7, 11) is 0. The lowest BCUT2D eigenvalue weighted by molar-refractivity contribution is 0.670. The first-order chi connectivity index (χ1) is 29.1. The second-order valence-corrected chi connectivity index (χ2v) is 16.0. The largest absolute Gasteiger partial charge is 0.309 e. The molecule has 0 aliphatic heterocycles. The van der Waals surface area contributed by atoms with E-state index >= 15 is 0 Å². The fraction of sp³-hybridized carbons (Fsp3) is 0.0714. The van der Waals surface area contributed by atoms with Crippen molar-refractivity contribution >= 4 is 48.9 Å². The van der Waals surface area contributed by atoms with Gasteiger partial charge in [0.25, 0.3) is 0 Å². The highest BCUT2D eigenvalue weighted by Crippen LogP contribution is 2.57. The second-order valence-electron chi connectivity index (χ2n) is 16.0. The van der Waals surface area contributed by atoms with Gasteiger partial charge in [-0.05, 0) is 108 Å². The van der Waals surface area contributed by atoms with Crippen LogP contribution in [0, 0.1) is 0 Å². The lowest BCUT2D eigenvalue weighted by Crippen LogP contribution is -2.17. The molecule has 1 aliphatic rings. The molecule has 11 rings (SSSR count). The number of benzene rings is 9. The standard InChI is InChI=1S/C56H41N.H4N2/c1-56(2)53-48-26-12-10-23-45(48)44-22-9-11-25-47(44)52(53)50-35-34-49-46-24-13-14-27-51(46)57(55(49)54(50)56)42-31-29-38(30-32-42)40-20-15-21-41(36-40)43(39-18-7-4-8-19-39)33-28-37-16-5-3-6-17-37;1-2/h3-27,29-36H,28H2,1-2H3;1-2H2/b43-33+;. The fourth-order valence-corrected chi connectivity index (χ4v) is 9.89. The number of allylic oxidation sites excluding steroid dienone is 1. The third-order valence-electron chi connectivity index (χ3n) is 12.4. The number of hydrogen-bond acceptors (Lipinski definition) is 2. The molecule has 0 bridgehead atoms. The van der Waals surface area contributed by atoms with Crippen LogP contribution in [0.2, 0.25) is 0 Å². The smallest absolute Gasteiger partial charge is 0.0588 e. The predicted octanol–water partition coefficient (Wildman–Crippen LogP) is 13.6. The molecule has 9 aromatic carbocycles. The minimum absolute atomic E-state index is 0.231. The molecule has 3 nitrogen and oxygen atoms in total. The summed E-state index contributed by atoms with van der Waals surface area (Å²) in [4.78, 5) is 0. The van der Waals surface area contributed by atoms with Crippen LogP contribution in [0.5, 0.6) is 0 Å². The van der Waals surface area contributed by atoms with E-state index in [1.165, 1.54) is 105 Å². The van der Waals surface area contributed by atoms with Gasteiger partial charge >= 0.3 is 0 Å². The fourth-order valence-electron chi connectivity index (χ4n) is 9.89. The van der Waals surface area contributed by atoms with Crippen molar-refractivity contribution in [3.63, 3.8) is 0 Å². The summed E-state index contributed by atoms with van der Waals surface area (Å²) in [5, 5.41) is 7.90. The summed E-state index contributed by atoms with van der Waals surface area (Å²) in [5.74, 6) is 8.00. The molecule has 0 saturated heterocycles. The molecule has 0 spiro atoms. The molecule has 0 fully saturated rings. The number of para-hydroxylation sites is 1. The molecule has 4 N–H and O–H groups in total. The number of aromatic nitrogens is 1. The van der Waals surface area contributed by atoms with Crippen molar-refractivity contribution < 1.29 is 0 Å². The van der Waals surface area contributed by atoms with Crippen LogP contribution >= 0.6 is 0 Å². The van der Waals surface area contributed by atoms with E-state index in [0.29, 0.717) is 0 Å². The molecule has 0 atom stereocenters. The summed E-state index contributed by atoms with van der Waals surface area (Å²) in [5.41, 5.74) is 16.4. The van der Waals surface area contributed by atoms with Gasteiger partial charge in [-0.3, -0.25) is 11.7 Å². The van der Waals surface area contributed by atoms with Crippen LogP contribution in [0.15, 0.2) is 200 Å². The Kier molecular flexibility index (Phi) is 9.06. The van der Waals surface area contributed by atoms with Crippen LogP contribution in [0.4, 0.5) is 0 Å². The summed E-state index contributed by atoms with van der Waals surface area (Å²) >= 11 is 0. The van der Waals surface area contributed by atoms with Crippen molar-refractivity contribution in [2.24, 2.45) is 11.7 Å². The van der Waals surface area contributed by atoms with Crippen LogP contribution in [0.1, 0.15) is 41.7 Å². The van der Waals surface area contributed by atoms with Gasteiger partial charge in [0.15, 0.2) is 0 Å². The minimum atomic E-state index is -0.231. The predicted molar refractivity (Wildman–Crippen MR) is 251 cm³/mol. The third kappa shape index (κ3) is 5.89. The highest BCUT2D eigenvalue weighted by atomic mass is 15.0. The number of nitrogens with zero attached hydrogens (tertiary/aromatic N) is 1. The van der Waals surface area contributed by atoms with E-state index < -0.39 is 0 Å². The van der Waals surface area contributed by atoms with E-state index in [1.807, 2.05) is 0 Å². The quantitative estimate of drug-likeness (QED) is 0.101. The van der Waals surface area contributed by atoms with Gasteiger partial charge in [-0.25, -0.2) is 0 Å². The molecule has 0 saturated carbocycles. The summed E-state index contributed by atoms with van der Waals surface area (Å²) in [6.45, 7) is 4.88. The Morgan fingerprint density at radius 1 is 0.492 bits per heavy atom. The Morgan fingerprint density at radius 2 is 1.08 bits per heavy atom. The van der Waals surface area contributed by atoms with E-state index in [4.69, 9.17) is 0 Å². The molecular weight excluding hydrogens is 715 g/mol. The molecule has 3 heteroatoms. The molecule has 1 aromatic heterocycles. The Morgan fingerprint density at radius 3 is 1.81 bits per heavy atom. The van der Waals surface area contributed by atoms with Crippen LogP contribution in [0.3, 0.4) is 0 Å². The van der Waals surface area contributed by atoms with E-state index in [0.717, 1.165) is 6.42 Å². The van der Waals surface area contributed by atoms with Gasteiger partial charge in [-0.1, -0.05) is 190 Å². The van der Waals surface area contributed by atoms with Gasteiger partial charge in [0, 0.05) is 21.9 Å². The zero-order valence-corrected chi connectivity index (χ0v) is 33.4. The molecule has 284 valence electrons. The Hall–Kier alpha value is -7.04. The molecule has 1 aliphatic carbocycles. The lowest BCUT2D eigenvalue weighted by atomic mass is 9.78. The number of nitrogens with two attached hydrogens (primary N) is 2. The van der Waals surface area contributed by atoms with Gasteiger partial charge in [-0.15, -0.1) is 0 Å². The maximum Gasteiger partial charge on any atom is 0.0588 e. The van der Waals surface area contributed by atoms with E-state index in [9.17, 15) is 0 Å². The van der Waals surface area contributed by atoms with Crippen molar-refractivity contribution in [3.8, 4) is 27.9 Å². The molecule has 1 heterocycles. The topological polar surface area (TPSA) is 57.0 Å². The Bertz CT molecular complexity index is 3210. The van der Waals surface area contributed by atoms with E-state index in [2.05, 4.69) is 230 Å². The Labute approximate surface area is 345 Å². The van der Waals surface area contributed by atoms with Gasteiger partial charge < -0.3 is 4.57 Å². The zero-order valence-electron chi connectivity index (χ0n) is 33.4. The van der Waals surface area contributed by atoms with Crippen molar-refractivity contribution in [1.82, 2.24) is 4.57 Å². The van der Waals surface area contributed by atoms with Gasteiger partial charge in [0.05, 0.1) is 11.0 Å². The highest BCUT2D eigenvalue weighted by molar-refractivity contribution is 6.21. The number of hydrazine groups is 1. The van der Waals surface area contributed by atoms with Crippen LogP contribution in [-0.4, -0.2) is 4.57 Å². The molecule has 0 radical (unpaired) electrons. The zero-order chi connectivity index (χ0) is 40.1. The Balaban J connectivity index is 0.00000207. The van der Waals surface area contributed by atoms with Crippen LogP contribution in [-0.2, 0) is 11.8 Å².